The predicted molar refractivity (Wildman–Crippen MR) is 64.4 cm³/mol. The minimum Gasteiger partial charge on any atom is -0.395 e. The Bertz CT molecular complexity index is 437. The van der Waals surface area contributed by atoms with E-state index in [4.69, 9.17) is 10.2 Å². The maximum atomic E-state index is 11.2. The molecule has 0 radical (unpaired) electrons. The number of rotatable bonds is 6. The summed E-state index contributed by atoms with van der Waals surface area (Å²) in [6.45, 7) is 0.186. The van der Waals surface area contributed by atoms with Gasteiger partial charge in [-0.2, -0.15) is 0 Å². The molecule has 0 unspecified atom stereocenters. The van der Waals surface area contributed by atoms with Gasteiger partial charge in [0.1, 0.15) is 0 Å². The maximum absolute atomic E-state index is 11.2. The Hall–Kier alpha value is -0.950. The fraction of sp³-hybridized carbons (Fsp3) is 0.455. The minimum atomic E-state index is -3.16. The Labute approximate surface area is 101 Å². The van der Waals surface area contributed by atoms with Crippen molar-refractivity contribution in [2.24, 2.45) is 0 Å². The summed E-state index contributed by atoms with van der Waals surface area (Å²) < 4.78 is 22.4. The smallest absolute Gasteiger partial charge is 0.175 e. The molecule has 96 valence electrons. The third-order valence-electron chi connectivity index (χ3n) is 2.39. The van der Waals surface area contributed by atoms with Crippen LogP contribution in [0.25, 0.3) is 0 Å². The van der Waals surface area contributed by atoms with Crippen LogP contribution in [0, 0.1) is 0 Å². The number of hydrogen-bond acceptors (Lipinski definition) is 5. The van der Waals surface area contributed by atoms with Gasteiger partial charge in [0.15, 0.2) is 9.84 Å². The molecule has 0 aliphatic rings. The van der Waals surface area contributed by atoms with Gasteiger partial charge in [-0.25, -0.2) is 8.42 Å². The van der Waals surface area contributed by atoms with Gasteiger partial charge in [0, 0.05) is 12.8 Å². The average Bonchev–Trinajstić information content (AvgIpc) is 2.30. The van der Waals surface area contributed by atoms with E-state index >= 15 is 0 Å². The molecule has 0 saturated carbocycles. The van der Waals surface area contributed by atoms with Gasteiger partial charge in [-0.3, -0.25) is 0 Å². The summed E-state index contributed by atoms with van der Waals surface area (Å²) >= 11 is 0. The second-order valence-electron chi connectivity index (χ2n) is 3.86. The largest absolute Gasteiger partial charge is 0.395 e. The molecule has 17 heavy (non-hydrogen) atoms. The first kappa shape index (κ1) is 14.1. The molecular weight excluding hydrogens is 242 g/mol. The normalized spacial score (nSPS) is 12.0. The lowest BCUT2D eigenvalue weighted by atomic mass is 10.2. The predicted octanol–water partition coefficient (Wildman–Crippen LogP) is -0.467. The number of aliphatic hydroxyl groups excluding tert-OH is 2. The third kappa shape index (κ3) is 4.43. The van der Waals surface area contributed by atoms with E-state index < -0.39 is 9.84 Å². The van der Waals surface area contributed by atoms with Crippen LogP contribution in [-0.4, -0.2) is 44.1 Å². The van der Waals surface area contributed by atoms with E-state index in [0.29, 0.717) is 6.54 Å². The van der Waals surface area contributed by atoms with Crippen LogP contribution in [-0.2, 0) is 16.4 Å². The zero-order chi connectivity index (χ0) is 12.9. The Morgan fingerprint density at radius 1 is 1.18 bits per heavy atom. The molecular formula is C11H17NO4S. The monoisotopic (exact) mass is 259 g/mol. The van der Waals surface area contributed by atoms with Gasteiger partial charge in [-0.05, 0) is 17.7 Å². The Morgan fingerprint density at radius 2 is 1.71 bits per heavy atom. The van der Waals surface area contributed by atoms with E-state index in [2.05, 4.69) is 5.32 Å². The first-order chi connectivity index (χ1) is 7.97. The van der Waals surface area contributed by atoms with Crippen molar-refractivity contribution >= 4 is 9.84 Å². The molecule has 0 fully saturated rings. The van der Waals surface area contributed by atoms with Crippen molar-refractivity contribution < 1.29 is 18.6 Å². The Balaban J connectivity index is 2.63. The standard InChI is InChI=1S/C11H17NO4S/c1-17(15,16)11-4-2-9(3-5-11)6-12-10(7-13)8-14/h2-5,10,12-14H,6-8H2,1H3. The summed E-state index contributed by atoms with van der Waals surface area (Å²) in [7, 11) is -3.16. The van der Waals surface area contributed by atoms with Crippen molar-refractivity contribution in [2.75, 3.05) is 19.5 Å². The number of sulfone groups is 1. The highest BCUT2D eigenvalue weighted by Gasteiger charge is 2.07. The van der Waals surface area contributed by atoms with E-state index in [1.165, 1.54) is 0 Å². The van der Waals surface area contributed by atoms with Gasteiger partial charge in [-0.1, -0.05) is 12.1 Å². The van der Waals surface area contributed by atoms with Crippen molar-refractivity contribution in [3.8, 4) is 0 Å². The van der Waals surface area contributed by atoms with Gasteiger partial charge in [-0.15, -0.1) is 0 Å². The number of aliphatic hydroxyl groups is 2. The third-order valence-corrected chi connectivity index (χ3v) is 3.52. The van der Waals surface area contributed by atoms with Crippen molar-refractivity contribution in [3.63, 3.8) is 0 Å². The molecule has 0 aromatic heterocycles. The lowest BCUT2D eigenvalue weighted by Gasteiger charge is -2.13. The average molecular weight is 259 g/mol. The van der Waals surface area contributed by atoms with Crippen molar-refractivity contribution in [3.05, 3.63) is 29.8 Å². The molecule has 0 amide bonds. The number of benzene rings is 1. The fourth-order valence-corrected chi connectivity index (χ4v) is 1.93. The van der Waals surface area contributed by atoms with Crippen LogP contribution in [0.15, 0.2) is 29.2 Å². The molecule has 6 heteroatoms. The quantitative estimate of drug-likeness (QED) is 0.643. The molecule has 1 rings (SSSR count). The Morgan fingerprint density at radius 3 is 2.12 bits per heavy atom. The van der Waals surface area contributed by atoms with Crippen LogP contribution >= 0.6 is 0 Å². The molecule has 0 spiro atoms. The molecule has 1 aromatic carbocycles. The number of nitrogens with one attached hydrogen (secondary N) is 1. The zero-order valence-electron chi connectivity index (χ0n) is 9.63. The molecule has 1 aromatic rings. The molecule has 0 atom stereocenters. The molecule has 3 N–H and O–H groups in total. The van der Waals surface area contributed by atoms with Crippen LogP contribution in [0.2, 0.25) is 0 Å². The first-order valence-corrected chi connectivity index (χ1v) is 7.10. The SMILES string of the molecule is CS(=O)(=O)c1ccc(CNC(CO)CO)cc1. The van der Waals surface area contributed by atoms with E-state index in [-0.39, 0.29) is 24.2 Å². The Kier molecular flexibility index (Phi) is 5.07. The van der Waals surface area contributed by atoms with Gasteiger partial charge >= 0.3 is 0 Å². The van der Waals surface area contributed by atoms with Gasteiger partial charge in [0.25, 0.3) is 0 Å². The van der Waals surface area contributed by atoms with E-state index in [1.807, 2.05) is 0 Å². The molecule has 0 bridgehead atoms. The van der Waals surface area contributed by atoms with Crippen molar-refractivity contribution in [1.82, 2.24) is 5.32 Å². The van der Waals surface area contributed by atoms with Crippen LogP contribution in [0.5, 0.6) is 0 Å². The maximum Gasteiger partial charge on any atom is 0.175 e. The van der Waals surface area contributed by atoms with Gasteiger partial charge in [0.05, 0.1) is 24.2 Å². The van der Waals surface area contributed by atoms with E-state index in [9.17, 15) is 8.42 Å². The highest BCUT2D eigenvalue weighted by molar-refractivity contribution is 7.90. The second kappa shape index (κ2) is 6.11. The summed E-state index contributed by atoms with van der Waals surface area (Å²) in [5, 5.41) is 20.7. The second-order valence-corrected chi connectivity index (χ2v) is 5.87. The van der Waals surface area contributed by atoms with E-state index in [0.717, 1.165) is 11.8 Å². The fourth-order valence-electron chi connectivity index (χ4n) is 1.30. The van der Waals surface area contributed by atoms with Crippen LogP contribution < -0.4 is 5.32 Å². The minimum absolute atomic E-state index is 0.141. The summed E-state index contributed by atoms with van der Waals surface area (Å²) in [5.41, 5.74) is 0.893. The lowest BCUT2D eigenvalue weighted by Crippen LogP contribution is -2.35. The topological polar surface area (TPSA) is 86.6 Å². The van der Waals surface area contributed by atoms with Crippen molar-refractivity contribution in [1.29, 1.82) is 0 Å². The zero-order valence-corrected chi connectivity index (χ0v) is 10.4. The van der Waals surface area contributed by atoms with Gasteiger partial charge in [0.2, 0.25) is 0 Å². The molecule has 0 saturated heterocycles. The highest BCUT2D eigenvalue weighted by atomic mass is 32.2. The summed E-state index contributed by atoms with van der Waals surface area (Å²) in [5.74, 6) is 0. The number of hydrogen-bond donors (Lipinski definition) is 3. The lowest BCUT2D eigenvalue weighted by molar-refractivity contribution is 0.170. The van der Waals surface area contributed by atoms with E-state index in [1.54, 1.807) is 24.3 Å². The first-order valence-electron chi connectivity index (χ1n) is 5.21. The summed E-state index contributed by atoms with van der Waals surface area (Å²) in [6, 6.07) is 6.13. The summed E-state index contributed by atoms with van der Waals surface area (Å²) in [6.07, 6.45) is 1.16. The molecule has 0 aliphatic carbocycles. The van der Waals surface area contributed by atoms with Crippen LogP contribution in [0.3, 0.4) is 0 Å². The van der Waals surface area contributed by atoms with Gasteiger partial charge < -0.3 is 15.5 Å². The van der Waals surface area contributed by atoms with Crippen LogP contribution in [0.4, 0.5) is 0 Å². The summed E-state index contributed by atoms with van der Waals surface area (Å²) in [4.78, 5) is 0.280. The highest BCUT2D eigenvalue weighted by Crippen LogP contribution is 2.10. The van der Waals surface area contributed by atoms with Crippen molar-refractivity contribution in [2.45, 2.75) is 17.5 Å². The van der Waals surface area contributed by atoms with Crippen LogP contribution in [0.1, 0.15) is 5.56 Å². The molecule has 0 heterocycles. The molecule has 5 nitrogen and oxygen atoms in total. The molecule has 0 aliphatic heterocycles.